The lowest BCUT2D eigenvalue weighted by molar-refractivity contribution is 0.0280. The van der Waals surface area contributed by atoms with Gasteiger partial charge in [-0.3, -0.25) is 0 Å². The molecule has 23 heavy (non-hydrogen) atoms. The van der Waals surface area contributed by atoms with Gasteiger partial charge in [-0.05, 0) is 37.3 Å². The first-order chi connectivity index (χ1) is 11.1. The van der Waals surface area contributed by atoms with Crippen LogP contribution in [0.25, 0.3) is 11.5 Å². The van der Waals surface area contributed by atoms with Crippen molar-refractivity contribution < 1.29 is 13.9 Å². The highest BCUT2D eigenvalue weighted by Crippen LogP contribution is 2.23. The molecule has 5 nitrogen and oxygen atoms in total. The van der Waals surface area contributed by atoms with E-state index >= 15 is 0 Å². The molecule has 0 fully saturated rings. The molecule has 0 unspecified atom stereocenters. The minimum Gasteiger partial charge on any atom is -0.449 e. The van der Waals surface area contributed by atoms with Gasteiger partial charge in [0.1, 0.15) is 0 Å². The highest BCUT2D eigenvalue weighted by Gasteiger charge is 2.20. The van der Waals surface area contributed by atoms with Gasteiger partial charge in [0.05, 0.1) is 5.56 Å². The van der Waals surface area contributed by atoms with E-state index in [1.807, 2.05) is 36.4 Å². The molecule has 0 saturated carbocycles. The summed E-state index contributed by atoms with van der Waals surface area (Å²) < 4.78 is 11.8. The molecule has 0 aliphatic carbocycles. The van der Waals surface area contributed by atoms with Gasteiger partial charge in [-0.25, -0.2) is 4.79 Å². The van der Waals surface area contributed by atoms with Crippen LogP contribution >= 0.6 is 15.9 Å². The number of aromatic nitrogens is 2. The first-order valence-corrected chi connectivity index (χ1v) is 7.78. The van der Waals surface area contributed by atoms with Crippen molar-refractivity contribution in [2.24, 2.45) is 0 Å². The maximum Gasteiger partial charge on any atom is 0.338 e. The molecule has 0 aliphatic rings. The van der Waals surface area contributed by atoms with Gasteiger partial charge in [0.15, 0.2) is 6.10 Å². The Balaban J connectivity index is 1.73. The van der Waals surface area contributed by atoms with Gasteiger partial charge in [0, 0.05) is 10.0 Å². The van der Waals surface area contributed by atoms with Crippen molar-refractivity contribution in [3.63, 3.8) is 0 Å². The van der Waals surface area contributed by atoms with Crippen LogP contribution in [0.1, 0.15) is 29.3 Å². The van der Waals surface area contributed by atoms with E-state index in [1.165, 1.54) is 0 Å². The lowest BCUT2D eigenvalue weighted by Gasteiger charge is -2.09. The summed E-state index contributed by atoms with van der Waals surface area (Å²) in [5.41, 5.74) is 1.27. The van der Waals surface area contributed by atoms with Gasteiger partial charge in [-0.2, -0.15) is 0 Å². The number of benzene rings is 2. The van der Waals surface area contributed by atoms with E-state index in [9.17, 15) is 4.79 Å². The number of carbonyl (C=O) groups excluding carboxylic acids is 1. The number of rotatable bonds is 4. The number of nitrogens with zero attached hydrogens (tertiary/aromatic N) is 2. The molecule has 0 bridgehead atoms. The summed E-state index contributed by atoms with van der Waals surface area (Å²) in [6, 6.07) is 16.4. The van der Waals surface area contributed by atoms with Gasteiger partial charge < -0.3 is 9.15 Å². The Kier molecular flexibility index (Phi) is 4.52. The Morgan fingerprint density at radius 1 is 1.13 bits per heavy atom. The summed E-state index contributed by atoms with van der Waals surface area (Å²) in [5.74, 6) is 0.205. The molecule has 0 spiro atoms. The third kappa shape index (κ3) is 3.65. The lowest BCUT2D eigenvalue weighted by Crippen LogP contribution is -2.09. The van der Waals surface area contributed by atoms with Crippen LogP contribution in [0.2, 0.25) is 0 Å². The van der Waals surface area contributed by atoms with Gasteiger partial charge in [-0.15, -0.1) is 10.2 Å². The number of halogens is 1. The van der Waals surface area contributed by atoms with E-state index in [4.69, 9.17) is 9.15 Å². The van der Waals surface area contributed by atoms with Gasteiger partial charge >= 0.3 is 5.97 Å². The van der Waals surface area contributed by atoms with Crippen LogP contribution in [0.4, 0.5) is 0 Å². The number of hydrogen-bond acceptors (Lipinski definition) is 5. The molecule has 0 saturated heterocycles. The van der Waals surface area contributed by atoms with Crippen molar-refractivity contribution in [2.45, 2.75) is 13.0 Å². The summed E-state index contributed by atoms with van der Waals surface area (Å²) in [5, 5.41) is 7.94. The molecule has 1 atom stereocenters. The summed E-state index contributed by atoms with van der Waals surface area (Å²) in [6.45, 7) is 1.69. The fourth-order valence-corrected chi connectivity index (χ4v) is 2.39. The van der Waals surface area contributed by atoms with Gasteiger partial charge in [0.25, 0.3) is 5.89 Å². The maximum atomic E-state index is 12.1. The number of hydrogen-bond donors (Lipinski definition) is 0. The SMILES string of the molecule is C[C@H](OC(=O)c1cccc(Br)c1)c1nnc(-c2ccccc2)o1. The van der Waals surface area contributed by atoms with Crippen molar-refractivity contribution >= 4 is 21.9 Å². The number of esters is 1. The topological polar surface area (TPSA) is 65.2 Å². The molecule has 0 radical (unpaired) electrons. The monoisotopic (exact) mass is 372 g/mol. The Labute approximate surface area is 141 Å². The van der Waals surface area contributed by atoms with Gasteiger partial charge in [-0.1, -0.05) is 40.2 Å². The minimum absolute atomic E-state index is 0.257. The van der Waals surface area contributed by atoms with Crippen LogP contribution in [0.3, 0.4) is 0 Å². The summed E-state index contributed by atoms with van der Waals surface area (Å²) in [6.07, 6.45) is -0.633. The standard InChI is InChI=1S/C17H13BrN2O3/c1-11(22-17(21)13-8-5-9-14(18)10-13)15-19-20-16(23-15)12-6-3-2-4-7-12/h2-11H,1H3/t11-/m0/s1. The zero-order valence-corrected chi connectivity index (χ0v) is 13.9. The van der Waals surface area contributed by atoms with Crippen LogP contribution in [0, 0.1) is 0 Å². The van der Waals surface area contributed by atoms with Crippen LogP contribution in [-0.2, 0) is 4.74 Å². The summed E-state index contributed by atoms with van der Waals surface area (Å²) in [4.78, 5) is 12.1. The zero-order valence-electron chi connectivity index (χ0n) is 12.3. The largest absolute Gasteiger partial charge is 0.449 e. The Morgan fingerprint density at radius 2 is 1.91 bits per heavy atom. The van der Waals surface area contributed by atoms with E-state index in [2.05, 4.69) is 26.1 Å². The molecule has 1 heterocycles. The van der Waals surface area contributed by atoms with Crippen molar-refractivity contribution in [1.29, 1.82) is 0 Å². The maximum absolute atomic E-state index is 12.1. The van der Waals surface area contributed by atoms with E-state index in [-0.39, 0.29) is 5.89 Å². The summed E-state index contributed by atoms with van der Waals surface area (Å²) >= 11 is 3.32. The van der Waals surface area contributed by atoms with Crippen LogP contribution < -0.4 is 0 Å². The second-order valence-corrected chi connectivity index (χ2v) is 5.79. The zero-order chi connectivity index (χ0) is 16.2. The molecule has 3 rings (SSSR count). The Bertz CT molecular complexity index is 817. The Morgan fingerprint density at radius 3 is 2.65 bits per heavy atom. The molecule has 116 valence electrons. The Hall–Kier alpha value is -2.47. The highest BCUT2D eigenvalue weighted by molar-refractivity contribution is 9.10. The second kappa shape index (κ2) is 6.75. The minimum atomic E-state index is -0.633. The van der Waals surface area contributed by atoms with E-state index in [1.54, 1.807) is 25.1 Å². The van der Waals surface area contributed by atoms with Crippen LogP contribution in [-0.4, -0.2) is 16.2 Å². The smallest absolute Gasteiger partial charge is 0.338 e. The third-order valence-electron chi connectivity index (χ3n) is 3.15. The average molecular weight is 373 g/mol. The summed E-state index contributed by atoms with van der Waals surface area (Å²) in [7, 11) is 0. The third-order valence-corrected chi connectivity index (χ3v) is 3.65. The first-order valence-electron chi connectivity index (χ1n) is 6.99. The highest BCUT2D eigenvalue weighted by atomic mass is 79.9. The lowest BCUT2D eigenvalue weighted by atomic mass is 10.2. The molecular weight excluding hydrogens is 360 g/mol. The first kappa shape index (κ1) is 15.4. The normalized spacial score (nSPS) is 11.9. The fourth-order valence-electron chi connectivity index (χ4n) is 1.99. The quantitative estimate of drug-likeness (QED) is 0.634. The molecule has 2 aromatic carbocycles. The molecule has 6 heteroatoms. The van der Waals surface area contributed by atoms with Crippen molar-refractivity contribution in [1.82, 2.24) is 10.2 Å². The van der Waals surface area contributed by atoms with Crippen LogP contribution in [0.15, 0.2) is 63.5 Å². The van der Waals surface area contributed by atoms with Crippen LogP contribution in [0.5, 0.6) is 0 Å². The molecule has 3 aromatic rings. The van der Waals surface area contributed by atoms with E-state index < -0.39 is 12.1 Å². The molecule has 0 amide bonds. The second-order valence-electron chi connectivity index (χ2n) is 4.87. The van der Waals surface area contributed by atoms with Gasteiger partial charge in [0.2, 0.25) is 5.89 Å². The van der Waals surface area contributed by atoms with E-state index in [0.29, 0.717) is 11.5 Å². The predicted molar refractivity (Wildman–Crippen MR) is 87.7 cm³/mol. The molecular formula is C17H13BrN2O3. The molecule has 0 N–H and O–H groups in total. The average Bonchev–Trinajstić information content (AvgIpc) is 3.06. The molecule has 0 aliphatic heterocycles. The van der Waals surface area contributed by atoms with Crippen molar-refractivity contribution in [3.8, 4) is 11.5 Å². The van der Waals surface area contributed by atoms with Crippen molar-refractivity contribution in [2.75, 3.05) is 0 Å². The van der Waals surface area contributed by atoms with Crippen molar-refractivity contribution in [3.05, 3.63) is 70.5 Å². The number of ether oxygens (including phenoxy) is 1. The van der Waals surface area contributed by atoms with E-state index in [0.717, 1.165) is 10.0 Å². The number of carbonyl (C=O) groups is 1. The molecule has 1 aromatic heterocycles. The predicted octanol–water partition coefficient (Wildman–Crippen LogP) is 4.42. The fraction of sp³-hybridized carbons (Fsp3) is 0.118.